The van der Waals surface area contributed by atoms with Gasteiger partial charge in [-0.2, -0.15) is 0 Å². The molecule has 1 radical (unpaired) electrons. The average Bonchev–Trinajstić information content (AvgIpc) is 3.45. The number of rotatable bonds is 5. The zero-order valence-corrected chi connectivity index (χ0v) is 23.9. The number of hydrogen-bond donors (Lipinski definition) is 2. The van der Waals surface area contributed by atoms with E-state index in [0.717, 1.165) is 55.2 Å². The van der Waals surface area contributed by atoms with Crippen LogP contribution in [-0.4, -0.2) is 27.4 Å². The molecule has 0 amide bonds. The van der Waals surface area contributed by atoms with Gasteiger partial charge in [-0.05, 0) is 67.8 Å². The minimum absolute atomic E-state index is 0. The summed E-state index contributed by atoms with van der Waals surface area (Å²) in [5.74, 6) is 1.35. The zero-order valence-electron chi connectivity index (χ0n) is 21.5. The van der Waals surface area contributed by atoms with Crippen LogP contribution in [0.2, 0.25) is 0 Å². The second-order valence-corrected chi connectivity index (χ2v) is 10.4. The third-order valence-corrected chi connectivity index (χ3v) is 9.27. The number of para-hydroxylation sites is 1. The predicted molar refractivity (Wildman–Crippen MR) is 137 cm³/mol. The molecule has 2 N–H and O–H groups in total. The SMILES string of the molecule is CCC1(CC)CCC2CC(CC)(CC)C(O)C2C1O.[Ir].[c-]1c(-c2ccccn2)oc2ccccc12. The summed E-state index contributed by atoms with van der Waals surface area (Å²) in [7, 11) is 0. The van der Waals surface area contributed by atoms with Crippen molar-refractivity contribution in [2.45, 2.75) is 84.8 Å². The van der Waals surface area contributed by atoms with Crippen LogP contribution < -0.4 is 0 Å². The molecule has 2 aromatic heterocycles. The molecule has 2 fully saturated rings. The average molecular weight is 655 g/mol. The van der Waals surface area contributed by atoms with Gasteiger partial charge in [-0.3, -0.25) is 0 Å². The minimum Gasteiger partial charge on any atom is -0.518 e. The van der Waals surface area contributed by atoms with E-state index < -0.39 is 0 Å². The van der Waals surface area contributed by atoms with E-state index in [4.69, 9.17) is 4.42 Å². The number of pyridine rings is 1. The molecule has 5 rings (SSSR count). The van der Waals surface area contributed by atoms with Crippen LogP contribution in [0.5, 0.6) is 0 Å². The Kier molecular flexibility index (Phi) is 9.37. The van der Waals surface area contributed by atoms with E-state index in [1.807, 2.05) is 42.5 Å². The van der Waals surface area contributed by atoms with Crippen LogP contribution in [0.3, 0.4) is 0 Å². The summed E-state index contributed by atoms with van der Waals surface area (Å²) in [5.41, 5.74) is 1.78. The van der Waals surface area contributed by atoms with Crippen molar-refractivity contribution in [2.24, 2.45) is 22.7 Å². The van der Waals surface area contributed by atoms with Crippen molar-refractivity contribution in [3.63, 3.8) is 0 Å². The fourth-order valence-corrected chi connectivity index (χ4v) is 6.71. The van der Waals surface area contributed by atoms with Crippen molar-refractivity contribution in [3.05, 3.63) is 54.7 Å². The summed E-state index contributed by atoms with van der Waals surface area (Å²) in [6, 6.07) is 16.7. The van der Waals surface area contributed by atoms with Gasteiger partial charge in [0.2, 0.25) is 0 Å². The van der Waals surface area contributed by atoms with Crippen LogP contribution in [0.1, 0.15) is 72.6 Å². The van der Waals surface area contributed by atoms with Gasteiger partial charge >= 0.3 is 0 Å². The Morgan fingerprint density at radius 2 is 1.54 bits per heavy atom. The zero-order chi connectivity index (χ0) is 24.3. The molecule has 3 aromatic rings. The van der Waals surface area contributed by atoms with Crippen LogP contribution in [0.25, 0.3) is 22.4 Å². The molecule has 1 aromatic carbocycles. The molecule has 2 aliphatic rings. The molecule has 0 spiro atoms. The van der Waals surface area contributed by atoms with Crippen molar-refractivity contribution >= 4 is 11.0 Å². The maximum atomic E-state index is 10.9. The summed E-state index contributed by atoms with van der Waals surface area (Å²) in [5, 5.41) is 22.8. The molecule has 0 saturated heterocycles. The van der Waals surface area contributed by atoms with E-state index in [0.29, 0.717) is 11.7 Å². The first-order valence-corrected chi connectivity index (χ1v) is 13.1. The van der Waals surface area contributed by atoms with Crippen LogP contribution >= 0.6 is 0 Å². The molecule has 193 valence electrons. The largest absolute Gasteiger partial charge is 0.518 e. The van der Waals surface area contributed by atoms with Gasteiger partial charge in [0.15, 0.2) is 0 Å². The molecular formula is C30H40IrNO3-. The first-order valence-electron chi connectivity index (χ1n) is 13.1. The maximum absolute atomic E-state index is 10.9. The molecule has 2 heterocycles. The molecule has 5 heteroatoms. The fourth-order valence-electron chi connectivity index (χ4n) is 6.71. The summed E-state index contributed by atoms with van der Waals surface area (Å²) >= 11 is 0. The van der Waals surface area contributed by atoms with Gasteiger partial charge in [-0.25, -0.2) is 0 Å². The Bertz CT molecular complexity index is 1020. The standard InChI is InChI=1S/C17H32O2.C13H8NO.Ir/c1-5-16(6-2)10-9-12-11-17(7-3,8-4)15(19)13(12)14(16)18;1-2-7-12-10(5-1)9-13(15-12)11-6-3-4-8-14-11;/h12-15,18-19H,5-11H2,1-4H3;1-8H;/q;-1;. The number of nitrogens with zero attached hydrogens (tertiary/aromatic N) is 1. The number of aliphatic hydroxyl groups is 2. The van der Waals surface area contributed by atoms with Gasteiger partial charge in [-0.1, -0.05) is 58.0 Å². The molecule has 4 atom stereocenters. The number of benzene rings is 1. The Labute approximate surface area is 223 Å². The van der Waals surface area contributed by atoms with Crippen LogP contribution in [0.15, 0.2) is 53.1 Å². The summed E-state index contributed by atoms with van der Waals surface area (Å²) in [4.78, 5) is 4.22. The van der Waals surface area contributed by atoms with E-state index in [9.17, 15) is 10.2 Å². The number of fused-ring (bicyclic) bond motifs is 2. The first-order chi connectivity index (χ1) is 16.4. The van der Waals surface area contributed by atoms with Gasteiger partial charge in [0.25, 0.3) is 0 Å². The van der Waals surface area contributed by atoms with Crippen molar-refractivity contribution in [3.8, 4) is 11.5 Å². The third-order valence-electron chi connectivity index (χ3n) is 9.27. The normalized spacial score (nSPS) is 26.3. The van der Waals surface area contributed by atoms with Gasteiger partial charge in [-0.15, -0.1) is 17.5 Å². The second-order valence-electron chi connectivity index (χ2n) is 10.4. The Hall–Kier alpha value is -1.52. The van der Waals surface area contributed by atoms with E-state index in [1.54, 1.807) is 6.20 Å². The summed E-state index contributed by atoms with van der Waals surface area (Å²) in [6.07, 6.45) is 8.73. The maximum Gasteiger partial charge on any atom is 0.0651 e. The monoisotopic (exact) mass is 655 g/mol. The predicted octanol–water partition coefficient (Wildman–Crippen LogP) is 7.04. The topological polar surface area (TPSA) is 66.5 Å². The molecule has 4 unspecified atom stereocenters. The van der Waals surface area contributed by atoms with E-state index in [-0.39, 0.29) is 49.1 Å². The molecule has 35 heavy (non-hydrogen) atoms. The molecular weight excluding hydrogens is 615 g/mol. The number of aromatic nitrogens is 1. The smallest absolute Gasteiger partial charge is 0.0651 e. The fraction of sp³-hybridized carbons (Fsp3) is 0.567. The molecule has 2 aliphatic carbocycles. The third kappa shape index (κ3) is 5.16. The van der Waals surface area contributed by atoms with Gasteiger partial charge in [0.05, 0.1) is 18.0 Å². The summed E-state index contributed by atoms with van der Waals surface area (Å²) in [6.45, 7) is 8.79. The van der Waals surface area contributed by atoms with Crippen LogP contribution in [0.4, 0.5) is 0 Å². The number of hydrogen-bond acceptors (Lipinski definition) is 4. The van der Waals surface area contributed by atoms with Gasteiger partial charge in [0, 0.05) is 43.5 Å². The number of furan rings is 1. The van der Waals surface area contributed by atoms with E-state index in [1.165, 1.54) is 6.42 Å². The minimum atomic E-state index is -0.309. The van der Waals surface area contributed by atoms with Gasteiger partial charge < -0.3 is 19.6 Å². The van der Waals surface area contributed by atoms with E-state index in [2.05, 4.69) is 38.7 Å². The van der Waals surface area contributed by atoms with Crippen molar-refractivity contribution in [1.29, 1.82) is 0 Å². The van der Waals surface area contributed by atoms with Gasteiger partial charge in [0.1, 0.15) is 0 Å². The molecule has 0 bridgehead atoms. The molecule has 2 saturated carbocycles. The van der Waals surface area contributed by atoms with Crippen molar-refractivity contribution in [2.75, 3.05) is 0 Å². The van der Waals surface area contributed by atoms with E-state index >= 15 is 0 Å². The first kappa shape index (κ1) is 28.1. The molecule has 0 aliphatic heterocycles. The molecule has 4 nitrogen and oxygen atoms in total. The van der Waals surface area contributed by atoms with Crippen LogP contribution in [-0.2, 0) is 20.1 Å². The van der Waals surface area contributed by atoms with Crippen LogP contribution in [0, 0.1) is 28.7 Å². The quantitative estimate of drug-likeness (QED) is 0.290. The number of aliphatic hydroxyl groups excluding tert-OH is 2. The Morgan fingerprint density at radius 3 is 2.14 bits per heavy atom. The Balaban J connectivity index is 0.000000194. The Morgan fingerprint density at radius 1 is 0.914 bits per heavy atom. The second kappa shape index (κ2) is 11.7. The van der Waals surface area contributed by atoms with Crippen molar-refractivity contribution in [1.82, 2.24) is 4.98 Å². The van der Waals surface area contributed by atoms with Crippen molar-refractivity contribution < 1.29 is 34.7 Å². The summed E-state index contributed by atoms with van der Waals surface area (Å²) < 4.78 is 5.64.